The Hall–Kier alpha value is -4.43. The second-order valence-corrected chi connectivity index (χ2v) is 7.47. The first-order valence-electron chi connectivity index (χ1n) is 10.3. The molecule has 1 N–H and O–H groups in total. The summed E-state index contributed by atoms with van der Waals surface area (Å²) in [6.07, 6.45) is 3.43. The summed E-state index contributed by atoms with van der Waals surface area (Å²) in [5.41, 5.74) is 5.80. The third-order valence-corrected chi connectivity index (χ3v) is 5.20. The van der Waals surface area contributed by atoms with E-state index in [0.717, 1.165) is 28.1 Å². The SMILES string of the molecule is Cc1cccc(C)c1NC(=O)C(C#N)=Cc1cn(-c2ccccc2)nc1-c1ccccc1. The molecule has 0 aliphatic heterocycles. The standard InChI is InChI=1S/C27H22N4O/c1-19-10-9-11-20(2)25(19)29-27(32)22(17-28)16-23-18-31(24-14-7-4-8-15-24)30-26(23)21-12-5-3-6-13-21/h3-16,18H,1-2H3,(H,29,32). The van der Waals surface area contributed by atoms with E-state index in [1.807, 2.05) is 105 Å². The van der Waals surface area contributed by atoms with Crippen LogP contribution in [0.5, 0.6) is 0 Å². The summed E-state index contributed by atoms with van der Waals surface area (Å²) < 4.78 is 1.76. The largest absolute Gasteiger partial charge is 0.321 e. The number of carbonyl (C=O) groups is 1. The lowest BCUT2D eigenvalue weighted by Crippen LogP contribution is -2.15. The lowest BCUT2D eigenvalue weighted by Gasteiger charge is -2.10. The molecule has 3 aromatic carbocycles. The molecular weight excluding hydrogens is 396 g/mol. The molecule has 5 heteroatoms. The molecule has 0 spiro atoms. The summed E-state index contributed by atoms with van der Waals surface area (Å²) in [6, 6.07) is 27.3. The van der Waals surface area contributed by atoms with Crippen LogP contribution in [-0.2, 0) is 4.79 Å². The van der Waals surface area contributed by atoms with Gasteiger partial charge in [0.1, 0.15) is 11.6 Å². The molecular formula is C27H22N4O. The van der Waals surface area contributed by atoms with E-state index in [4.69, 9.17) is 5.10 Å². The molecule has 0 aliphatic rings. The highest BCUT2D eigenvalue weighted by molar-refractivity contribution is 6.10. The van der Waals surface area contributed by atoms with Crippen LogP contribution in [0.3, 0.4) is 0 Å². The molecule has 1 aromatic heterocycles. The van der Waals surface area contributed by atoms with E-state index in [2.05, 4.69) is 5.32 Å². The Labute approximate surface area is 187 Å². The van der Waals surface area contributed by atoms with E-state index >= 15 is 0 Å². The fourth-order valence-corrected chi connectivity index (χ4v) is 3.52. The number of para-hydroxylation sites is 2. The molecule has 4 rings (SSSR count). The molecule has 156 valence electrons. The van der Waals surface area contributed by atoms with Gasteiger partial charge >= 0.3 is 0 Å². The summed E-state index contributed by atoms with van der Waals surface area (Å²) in [5, 5.41) is 17.4. The van der Waals surface area contributed by atoms with Gasteiger partial charge in [-0.3, -0.25) is 4.79 Å². The number of hydrogen-bond acceptors (Lipinski definition) is 3. The number of rotatable bonds is 5. The predicted octanol–water partition coefficient (Wildman–Crippen LogP) is 5.70. The van der Waals surface area contributed by atoms with E-state index in [9.17, 15) is 10.1 Å². The third kappa shape index (κ3) is 4.35. The quantitative estimate of drug-likeness (QED) is 0.334. The molecule has 4 aromatic rings. The molecule has 0 fully saturated rings. The van der Waals surface area contributed by atoms with Crippen molar-refractivity contribution in [3.8, 4) is 23.0 Å². The Morgan fingerprint density at radius 3 is 2.19 bits per heavy atom. The smallest absolute Gasteiger partial charge is 0.266 e. The monoisotopic (exact) mass is 418 g/mol. The number of nitrogens with one attached hydrogen (secondary N) is 1. The zero-order valence-corrected chi connectivity index (χ0v) is 17.9. The number of carbonyl (C=O) groups excluding carboxylic acids is 1. The Balaban J connectivity index is 1.76. The molecule has 0 saturated heterocycles. The molecule has 0 atom stereocenters. The topological polar surface area (TPSA) is 70.7 Å². The molecule has 1 amide bonds. The number of aromatic nitrogens is 2. The van der Waals surface area contributed by atoms with Gasteiger partial charge in [-0.05, 0) is 43.2 Å². The Morgan fingerprint density at radius 1 is 0.938 bits per heavy atom. The summed E-state index contributed by atoms with van der Waals surface area (Å²) in [4.78, 5) is 12.9. The third-order valence-electron chi connectivity index (χ3n) is 5.20. The minimum absolute atomic E-state index is 0.0115. The first kappa shape index (κ1) is 20.8. The van der Waals surface area contributed by atoms with Gasteiger partial charge in [-0.25, -0.2) is 4.68 Å². The Morgan fingerprint density at radius 2 is 1.56 bits per heavy atom. The number of aryl methyl sites for hydroxylation is 2. The normalized spacial score (nSPS) is 11.1. The average molecular weight is 419 g/mol. The second kappa shape index (κ2) is 9.15. The number of benzene rings is 3. The van der Waals surface area contributed by atoms with Crippen molar-refractivity contribution in [1.29, 1.82) is 5.26 Å². The molecule has 0 radical (unpaired) electrons. The fraction of sp³-hybridized carbons (Fsp3) is 0.0741. The maximum absolute atomic E-state index is 12.9. The van der Waals surface area contributed by atoms with E-state index in [0.29, 0.717) is 11.3 Å². The molecule has 32 heavy (non-hydrogen) atoms. The Bertz CT molecular complexity index is 1310. The van der Waals surface area contributed by atoms with Crippen molar-refractivity contribution in [3.63, 3.8) is 0 Å². The predicted molar refractivity (Wildman–Crippen MR) is 127 cm³/mol. The van der Waals surface area contributed by atoms with Crippen molar-refractivity contribution in [2.24, 2.45) is 0 Å². The van der Waals surface area contributed by atoms with Gasteiger partial charge in [-0.15, -0.1) is 0 Å². The number of hydrogen-bond donors (Lipinski definition) is 1. The van der Waals surface area contributed by atoms with Crippen molar-refractivity contribution in [3.05, 3.63) is 107 Å². The first-order chi connectivity index (χ1) is 15.6. The summed E-state index contributed by atoms with van der Waals surface area (Å²) in [6.45, 7) is 3.85. The Kier molecular flexibility index (Phi) is 5.96. The van der Waals surface area contributed by atoms with Crippen LogP contribution in [0.4, 0.5) is 5.69 Å². The zero-order valence-electron chi connectivity index (χ0n) is 17.9. The minimum Gasteiger partial charge on any atom is -0.321 e. The van der Waals surface area contributed by atoms with Crippen LogP contribution in [0.25, 0.3) is 23.0 Å². The molecule has 1 heterocycles. The van der Waals surface area contributed by atoms with Crippen LogP contribution in [0.15, 0.2) is 90.6 Å². The van der Waals surface area contributed by atoms with Gasteiger partial charge < -0.3 is 5.32 Å². The van der Waals surface area contributed by atoms with E-state index < -0.39 is 5.91 Å². The number of nitriles is 1. The van der Waals surface area contributed by atoms with Crippen LogP contribution in [0, 0.1) is 25.2 Å². The number of amides is 1. The lowest BCUT2D eigenvalue weighted by atomic mass is 10.1. The second-order valence-electron chi connectivity index (χ2n) is 7.47. The van der Waals surface area contributed by atoms with Crippen LogP contribution >= 0.6 is 0 Å². The molecule has 0 aliphatic carbocycles. The van der Waals surface area contributed by atoms with Gasteiger partial charge in [0.15, 0.2) is 0 Å². The maximum Gasteiger partial charge on any atom is 0.266 e. The molecule has 0 bridgehead atoms. The zero-order chi connectivity index (χ0) is 22.5. The highest BCUT2D eigenvalue weighted by Crippen LogP contribution is 2.26. The summed E-state index contributed by atoms with van der Waals surface area (Å²) in [5.74, 6) is -0.448. The van der Waals surface area contributed by atoms with Crippen molar-refractivity contribution in [1.82, 2.24) is 9.78 Å². The van der Waals surface area contributed by atoms with Gasteiger partial charge in [0.05, 0.1) is 11.4 Å². The van der Waals surface area contributed by atoms with Gasteiger partial charge in [-0.1, -0.05) is 66.7 Å². The number of anilines is 1. The lowest BCUT2D eigenvalue weighted by molar-refractivity contribution is -0.112. The van der Waals surface area contributed by atoms with Gasteiger partial charge in [0, 0.05) is 23.0 Å². The van der Waals surface area contributed by atoms with Crippen molar-refractivity contribution < 1.29 is 4.79 Å². The van der Waals surface area contributed by atoms with E-state index in [-0.39, 0.29) is 5.57 Å². The fourth-order valence-electron chi connectivity index (χ4n) is 3.52. The van der Waals surface area contributed by atoms with Gasteiger partial charge in [0.2, 0.25) is 0 Å². The number of nitrogens with zero attached hydrogens (tertiary/aromatic N) is 3. The van der Waals surface area contributed by atoms with E-state index in [1.165, 1.54) is 0 Å². The van der Waals surface area contributed by atoms with Crippen molar-refractivity contribution in [2.75, 3.05) is 5.32 Å². The van der Waals surface area contributed by atoms with Gasteiger partial charge in [0.25, 0.3) is 5.91 Å². The van der Waals surface area contributed by atoms with Crippen LogP contribution in [-0.4, -0.2) is 15.7 Å². The first-order valence-corrected chi connectivity index (χ1v) is 10.3. The molecule has 5 nitrogen and oxygen atoms in total. The summed E-state index contributed by atoms with van der Waals surface area (Å²) in [7, 11) is 0. The van der Waals surface area contributed by atoms with Crippen LogP contribution in [0.1, 0.15) is 16.7 Å². The maximum atomic E-state index is 12.9. The highest BCUT2D eigenvalue weighted by atomic mass is 16.1. The average Bonchev–Trinajstić information content (AvgIpc) is 3.25. The minimum atomic E-state index is -0.448. The summed E-state index contributed by atoms with van der Waals surface area (Å²) >= 11 is 0. The van der Waals surface area contributed by atoms with Crippen LogP contribution < -0.4 is 5.32 Å². The molecule has 0 unspecified atom stereocenters. The van der Waals surface area contributed by atoms with Crippen molar-refractivity contribution >= 4 is 17.7 Å². The van der Waals surface area contributed by atoms with E-state index in [1.54, 1.807) is 10.8 Å². The van der Waals surface area contributed by atoms with Crippen molar-refractivity contribution in [2.45, 2.75) is 13.8 Å². The molecule has 0 saturated carbocycles. The van der Waals surface area contributed by atoms with Gasteiger partial charge in [-0.2, -0.15) is 10.4 Å². The van der Waals surface area contributed by atoms with Crippen LogP contribution in [0.2, 0.25) is 0 Å². The highest BCUT2D eigenvalue weighted by Gasteiger charge is 2.16.